The van der Waals surface area contributed by atoms with Crippen LogP contribution >= 0.6 is 7.60 Å². The molecule has 8 nitrogen and oxygen atoms in total. The van der Waals surface area contributed by atoms with Crippen LogP contribution in [-0.2, 0) is 20.3 Å². The highest BCUT2D eigenvalue weighted by atomic mass is 31.2. The molecule has 1 aromatic carbocycles. The molecule has 21 heavy (non-hydrogen) atoms. The summed E-state index contributed by atoms with van der Waals surface area (Å²) < 4.78 is 15.8. The van der Waals surface area contributed by atoms with Crippen molar-refractivity contribution in [3.8, 4) is 0 Å². The Morgan fingerprint density at radius 2 is 1.90 bits per heavy atom. The van der Waals surface area contributed by atoms with Crippen LogP contribution in [0.1, 0.15) is 5.56 Å². The van der Waals surface area contributed by atoms with Gasteiger partial charge in [0.1, 0.15) is 6.04 Å². The van der Waals surface area contributed by atoms with Crippen LogP contribution in [0.2, 0.25) is 0 Å². The third kappa shape index (κ3) is 5.65. The van der Waals surface area contributed by atoms with Crippen molar-refractivity contribution < 1.29 is 33.8 Å². The monoisotopic (exact) mass is 317 g/mol. The summed E-state index contributed by atoms with van der Waals surface area (Å²) in [6, 6.07) is 7.14. The fraction of sp³-hybridized carbons (Fsp3) is 0.333. The van der Waals surface area contributed by atoms with E-state index in [9.17, 15) is 19.0 Å². The number of hydrogen-bond acceptors (Lipinski definition) is 5. The van der Waals surface area contributed by atoms with Crippen LogP contribution in [0.25, 0.3) is 0 Å². The first kappa shape index (κ1) is 17.3. The van der Waals surface area contributed by atoms with Crippen LogP contribution in [-0.4, -0.2) is 46.0 Å². The number of benzene rings is 1. The molecule has 0 aliphatic carbocycles. The smallest absolute Gasteiger partial charge is 0.415 e. The van der Waals surface area contributed by atoms with Crippen molar-refractivity contribution in [3.63, 3.8) is 0 Å². The lowest BCUT2D eigenvalue weighted by Gasteiger charge is -2.17. The van der Waals surface area contributed by atoms with Crippen LogP contribution < -0.4 is 5.32 Å². The number of carboxylic acid groups (broad SMARTS) is 1. The number of aliphatic hydroxyl groups is 1. The molecule has 0 fully saturated rings. The van der Waals surface area contributed by atoms with Crippen LogP contribution in [0.3, 0.4) is 0 Å². The van der Waals surface area contributed by atoms with Gasteiger partial charge in [0.05, 0.1) is 13.2 Å². The fourth-order valence-electron chi connectivity index (χ4n) is 1.50. The summed E-state index contributed by atoms with van der Waals surface area (Å²) in [5.41, 5.74) is -0.770. The fourth-order valence-corrected chi connectivity index (χ4v) is 2.27. The van der Waals surface area contributed by atoms with E-state index in [-0.39, 0.29) is 6.42 Å². The Bertz CT molecular complexity index is 534. The van der Waals surface area contributed by atoms with Crippen molar-refractivity contribution in [2.45, 2.75) is 12.5 Å². The predicted molar refractivity (Wildman–Crippen MR) is 73.0 cm³/mol. The van der Waals surface area contributed by atoms with Crippen LogP contribution in [0.15, 0.2) is 30.3 Å². The van der Waals surface area contributed by atoms with Gasteiger partial charge in [0, 0.05) is 6.42 Å². The van der Waals surface area contributed by atoms with E-state index in [1.54, 1.807) is 30.3 Å². The zero-order chi connectivity index (χ0) is 15.9. The molecular formula is C12H16NO7P. The minimum absolute atomic E-state index is 0.0398. The molecule has 0 aliphatic rings. The first-order chi connectivity index (χ1) is 9.86. The zero-order valence-corrected chi connectivity index (χ0v) is 11.9. The van der Waals surface area contributed by atoms with Gasteiger partial charge in [-0.1, -0.05) is 30.3 Å². The maximum absolute atomic E-state index is 11.6. The van der Waals surface area contributed by atoms with Gasteiger partial charge < -0.3 is 20.4 Å². The van der Waals surface area contributed by atoms with Crippen molar-refractivity contribution in [3.05, 3.63) is 35.9 Å². The molecule has 116 valence electrons. The first-order valence-electron chi connectivity index (χ1n) is 6.03. The Morgan fingerprint density at radius 1 is 1.29 bits per heavy atom. The Hall–Kier alpha value is -1.73. The molecule has 1 amide bonds. The van der Waals surface area contributed by atoms with Crippen molar-refractivity contribution in [1.82, 2.24) is 5.32 Å². The van der Waals surface area contributed by atoms with Gasteiger partial charge in [0.25, 0.3) is 0 Å². The Morgan fingerprint density at radius 3 is 2.43 bits per heavy atom. The molecule has 2 atom stereocenters. The second-order valence-corrected chi connectivity index (χ2v) is 5.81. The quantitative estimate of drug-likeness (QED) is 0.515. The average Bonchev–Trinajstić information content (AvgIpc) is 2.45. The van der Waals surface area contributed by atoms with Crippen molar-refractivity contribution in [1.29, 1.82) is 0 Å². The third-order valence-electron chi connectivity index (χ3n) is 2.49. The van der Waals surface area contributed by atoms with Crippen LogP contribution in [0.5, 0.6) is 0 Å². The minimum Gasteiger partial charge on any atom is -0.480 e. The standard InChI is InChI=1S/C12H16NO7P/c14-6-7-20-21(18,19)12(17)13-10(11(15)16)8-9-4-2-1-3-5-9/h1-5,10,14H,6-8H2,(H,13,17)(H,15,16)(H,18,19)/t10-/m0/s1. The lowest BCUT2D eigenvalue weighted by molar-refractivity contribution is -0.139. The number of carbonyl (C=O) groups excluding carboxylic acids is 1. The summed E-state index contributed by atoms with van der Waals surface area (Å²) in [6.45, 7) is -1.04. The minimum atomic E-state index is -4.67. The molecule has 0 saturated heterocycles. The maximum Gasteiger partial charge on any atom is 0.415 e. The van der Waals surface area contributed by atoms with E-state index in [4.69, 9.17) is 10.2 Å². The molecule has 0 heterocycles. The Balaban J connectivity index is 2.73. The summed E-state index contributed by atoms with van der Waals surface area (Å²) in [4.78, 5) is 32.0. The van der Waals surface area contributed by atoms with E-state index >= 15 is 0 Å². The van der Waals surface area contributed by atoms with Gasteiger partial charge in [-0.25, -0.2) is 9.36 Å². The number of hydrogen-bond donors (Lipinski definition) is 4. The van der Waals surface area contributed by atoms with E-state index in [0.29, 0.717) is 5.56 Å². The molecule has 0 aliphatic heterocycles. The molecule has 1 unspecified atom stereocenters. The number of nitrogens with one attached hydrogen (secondary N) is 1. The van der Waals surface area contributed by atoms with Gasteiger partial charge in [0.15, 0.2) is 0 Å². The van der Waals surface area contributed by atoms with Gasteiger partial charge in [-0.3, -0.25) is 9.32 Å². The molecule has 0 bridgehead atoms. The summed E-state index contributed by atoms with van der Waals surface area (Å²) in [5, 5.41) is 19.5. The van der Waals surface area contributed by atoms with Crippen molar-refractivity contribution in [2.24, 2.45) is 0 Å². The summed E-state index contributed by atoms with van der Waals surface area (Å²) >= 11 is 0. The SMILES string of the molecule is O=C(O)[C@H](Cc1ccccc1)NC(=O)P(=O)(O)OCCO. The first-order valence-corrected chi connectivity index (χ1v) is 7.60. The number of carboxylic acids is 1. The van der Waals surface area contributed by atoms with Gasteiger partial charge in [-0.15, -0.1) is 0 Å². The normalized spacial score (nSPS) is 15.0. The lowest BCUT2D eigenvalue weighted by atomic mass is 10.1. The van der Waals surface area contributed by atoms with Crippen molar-refractivity contribution >= 4 is 19.2 Å². The highest BCUT2D eigenvalue weighted by Crippen LogP contribution is 2.42. The van der Waals surface area contributed by atoms with Gasteiger partial charge in [0.2, 0.25) is 0 Å². The molecule has 0 spiro atoms. The van der Waals surface area contributed by atoms with Gasteiger partial charge in [-0.2, -0.15) is 0 Å². The van der Waals surface area contributed by atoms with E-state index in [2.05, 4.69) is 4.52 Å². The molecule has 9 heteroatoms. The van der Waals surface area contributed by atoms with E-state index in [1.165, 1.54) is 0 Å². The summed E-state index contributed by atoms with van der Waals surface area (Å²) in [5.74, 6) is -1.34. The molecular weight excluding hydrogens is 301 g/mol. The van der Waals surface area contributed by atoms with Gasteiger partial charge in [-0.05, 0) is 5.56 Å². The maximum atomic E-state index is 11.6. The predicted octanol–water partition coefficient (Wildman–Crippen LogP) is 0.586. The molecule has 1 rings (SSSR count). The average molecular weight is 317 g/mol. The second-order valence-electron chi connectivity index (χ2n) is 4.11. The largest absolute Gasteiger partial charge is 0.480 e. The number of amides is 1. The Kier molecular flexibility index (Phi) is 6.51. The zero-order valence-electron chi connectivity index (χ0n) is 11.0. The number of carbonyl (C=O) groups is 2. The number of aliphatic hydroxyl groups excluding tert-OH is 1. The van der Waals surface area contributed by atoms with Crippen molar-refractivity contribution in [2.75, 3.05) is 13.2 Å². The Labute approximate surface area is 120 Å². The van der Waals surface area contributed by atoms with E-state index in [0.717, 1.165) is 0 Å². The van der Waals surface area contributed by atoms with E-state index < -0.39 is 38.5 Å². The summed E-state index contributed by atoms with van der Waals surface area (Å²) in [7, 11) is -4.67. The third-order valence-corrected chi connectivity index (χ3v) is 3.67. The second kappa shape index (κ2) is 7.90. The molecule has 0 saturated carbocycles. The van der Waals surface area contributed by atoms with Gasteiger partial charge >= 0.3 is 19.2 Å². The number of rotatable bonds is 8. The number of aliphatic carboxylic acids is 1. The van der Waals surface area contributed by atoms with E-state index in [1.807, 2.05) is 5.32 Å². The highest BCUT2D eigenvalue weighted by molar-refractivity contribution is 7.70. The summed E-state index contributed by atoms with van der Waals surface area (Å²) in [6.07, 6.45) is -0.0398. The molecule has 4 N–H and O–H groups in total. The lowest BCUT2D eigenvalue weighted by Crippen LogP contribution is -2.41. The molecule has 0 aromatic heterocycles. The van der Waals surface area contributed by atoms with Crippen LogP contribution in [0, 0.1) is 0 Å². The van der Waals surface area contributed by atoms with Crippen LogP contribution in [0.4, 0.5) is 4.79 Å². The molecule has 0 radical (unpaired) electrons. The molecule has 1 aromatic rings. The topological polar surface area (TPSA) is 133 Å². The highest BCUT2D eigenvalue weighted by Gasteiger charge is 2.34.